The second-order valence-electron chi connectivity index (χ2n) is 8.49. The first-order chi connectivity index (χ1) is 15.2. The Labute approximate surface area is 190 Å². The van der Waals surface area contributed by atoms with Crippen LogP contribution in [-0.2, 0) is 24.1 Å². The van der Waals surface area contributed by atoms with Gasteiger partial charge in [-0.25, -0.2) is 0 Å². The second-order valence-corrected chi connectivity index (χ2v) is 8.90. The summed E-state index contributed by atoms with van der Waals surface area (Å²) in [5, 5.41) is 1.32. The van der Waals surface area contributed by atoms with Crippen molar-refractivity contribution in [3.8, 4) is 5.75 Å². The molecule has 170 valence electrons. The number of aromatic nitrogens is 1. The SMILES string of the molecule is CC(=O)CCn1ccc2cc(OCc3ccc(C4CCCC4)c(C(F)(F)F)c3)cc(Cl)c21. The molecule has 1 heterocycles. The van der Waals surface area contributed by atoms with E-state index in [9.17, 15) is 18.0 Å². The Morgan fingerprint density at radius 2 is 1.91 bits per heavy atom. The highest BCUT2D eigenvalue weighted by Crippen LogP contribution is 2.42. The molecule has 3 nitrogen and oxygen atoms in total. The molecule has 3 aromatic rings. The van der Waals surface area contributed by atoms with Gasteiger partial charge in [-0.15, -0.1) is 0 Å². The minimum atomic E-state index is -4.39. The highest BCUT2D eigenvalue weighted by molar-refractivity contribution is 6.35. The molecule has 0 aliphatic heterocycles. The van der Waals surface area contributed by atoms with Crippen LogP contribution in [0, 0.1) is 0 Å². The molecule has 0 unspecified atom stereocenters. The largest absolute Gasteiger partial charge is 0.489 e. The van der Waals surface area contributed by atoms with Crippen molar-refractivity contribution in [1.82, 2.24) is 4.57 Å². The molecule has 1 aromatic heterocycles. The predicted octanol–water partition coefficient (Wildman–Crippen LogP) is 7.53. The third-order valence-electron chi connectivity index (χ3n) is 6.12. The molecule has 2 aromatic carbocycles. The molecule has 1 aliphatic rings. The van der Waals surface area contributed by atoms with E-state index in [1.807, 2.05) is 22.9 Å². The quantitative estimate of drug-likeness (QED) is 0.362. The van der Waals surface area contributed by atoms with Crippen LogP contribution in [0.3, 0.4) is 0 Å². The zero-order chi connectivity index (χ0) is 22.9. The Balaban J connectivity index is 1.53. The van der Waals surface area contributed by atoms with Gasteiger partial charge in [0, 0.05) is 30.6 Å². The monoisotopic (exact) mass is 463 g/mol. The van der Waals surface area contributed by atoms with Crippen LogP contribution in [0.1, 0.15) is 61.6 Å². The number of Topliss-reactive ketones (excluding diaryl/α,β-unsaturated/α-hetero) is 1. The van der Waals surface area contributed by atoms with Gasteiger partial charge in [0.2, 0.25) is 0 Å². The molecule has 0 spiro atoms. The third kappa shape index (κ3) is 4.96. The molecule has 1 fully saturated rings. The average Bonchev–Trinajstić information content (AvgIpc) is 3.40. The lowest BCUT2D eigenvalue weighted by Crippen LogP contribution is -2.12. The van der Waals surface area contributed by atoms with Crippen molar-refractivity contribution in [1.29, 1.82) is 0 Å². The summed E-state index contributed by atoms with van der Waals surface area (Å²) in [5.41, 5.74) is 1.12. The van der Waals surface area contributed by atoms with Gasteiger partial charge in [0.1, 0.15) is 18.1 Å². The molecule has 4 rings (SSSR count). The first kappa shape index (κ1) is 22.7. The molecular formula is C25H25ClF3NO2. The maximum atomic E-state index is 13.7. The maximum Gasteiger partial charge on any atom is 0.416 e. The Bertz CT molecular complexity index is 1130. The summed E-state index contributed by atoms with van der Waals surface area (Å²) in [6, 6.07) is 9.90. The average molecular weight is 464 g/mol. The standard InChI is InChI=1S/C25H25ClF3NO2/c1-16(31)8-10-30-11-9-19-13-20(14-23(26)24(19)30)32-15-17-6-7-21(18-4-2-3-5-18)22(12-17)25(27,28)29/h6-7,9,11-14,18H,2-5,8,10,15H2,1H3. The fourth-order valence-corrected chi connectivity index (χ4v) is 4.84. The number of carbonyl (C=O) groups is 1. The molecule has 0 radical (unpaired) electrons. The smallest absolute Gasteiger partial charge is 0.416 e. The summed E-state index contributed by atoms with van der Waals surface area (Å²) < 4.78 is 48.8. The van der Waals surface area contributed by atoms with Gasteiger partial charge in [0.25, 0.3) is 0 Å². The molecule has 0 bridgehead atoms. The minimum Gasteiger partial charge on any atom is -0.489 e. The van der Waals surface area contributed by atoms with E-state index in [0.29, 0.717) is 34.9 Å². The number of hydrogen-bond acceptors (Lipinski definition) is 2. The molecule has 32 heavy (non-hydrogen) atoms. The molecule has 0 amide bonds. The Morgan fingerprint density at radius 1 is 1.16 bits per heavy atom. The van der Waals surface area contributed by atoms with Crippen LogP contribution in [0.5, 0.6) is 5.75 Å². The van der Waals surface area contributed by atoms with Gasteiger partial charge >= 0.3 is 6.18 Å². The Hall–Kier alpha value is -2.47. The number of ether oxygens (including phenoxy) is 1. The number of aryl methyl sites for hydroxylation is 1. The van der Waals surface area contributed by atoms with Crippen molar-refractivity contribution < 1.29 is 22.7 Å². The zero-order valence-electron chi connectivity index (χ0n) is 17.8. The highest BCUT2D eigenvalue weighted by atomic mass is 35.5. The molecule has 7 heteroatoms. The molecule has 1 saturated carbocycles. The van der Waals surface area contributed by atoms with Crippen molar-refractivity contribution in [2.24, 2.45) is 0 Å². The summed E-state index contributed by atoms with van der Waals surface area (Å²) >= 11 is 6.45. The van der Waals surface area contributed by atoms with Gasteiger partial charge in [-0.2, -0.15) is 13.2 Å². The minimum absolute atomic E-state index is 0.0148. The van der Waals surface area contributed by atoms with Crippen LogP contribution < -0.4 is 4.74 Å². The maximum absolute atomic E-state index is 13.7. The number of rotatable bonds is 7. The van der Waals surface area contributed by atoms with E-state index < -0.39 is 11.7 Å². The van der Waals surface area contributed by atoms with Gasteiger partial charge in [-0.05, 0) is 55.0 Å². The van der Waals surface area contributed by atoms with Crippen LogP contribution in [0.4, 0.5) is 13.2 Å². The van der Waals surface area contributed by atoms with E-state index in [1.165, 1.54) is 6.07 Å². The van der Waals surface area contributed by atoms with Gasteiger partial charge < -0.3 is 9.30 Å². The summed E-state index contributed by atoms with van der Waals surface area (Å²) in [4.78, 5) is 11.3. The first-order valence-corrected chi connectivity index (χ1v) is 11.2. The first-order valence-electron chi connectivity index (χ1n) is 10.8. The van der Waals surface area contributed by atoms with Crippen LogP contribution in [0.25, 0.3) is 10.9 Å². The second kappa shape index (κ2) is 9.18. The number of alkyl halides is 3. The summed E-state index contributed by atoms with van der Waals surface area (Å²) in [7, 11) is 0. The normalized spacial score (nSPS) is 14.9. The van der Waals surface area contributed by atoms with Gasteiger partial charge in [-0.3, -0.25) is 4.79 Å². The van der Waals surface area contributed by atoms with E-state index in [-0.39, 0.29) is 18.3 Å². The molecule has 1 aliphatic carbocycles. The van der Waals surface area contributed by atoms with Gasteiger partial charge in [0.15, 0.2) is 0 Å². The lowest BCUT2D eigenvalue weighted by molar-refractivity contribution is -0.138. The van der Waals surface area contributed by atoms with E-state index in [4.69, 9.17) is 16.3 Å². The van der Waals surface area contributed by atoms with Crippen molar-refractivity contribution in [3.05, 3.63) is 64.3 Å². The number of benzene rings is 2. The number of nitrogens with zero attached hydrogens (tertiary/aromatic N) is 1. The van der Waals surface area contributed by atoms with Crippen LogP contribution in [-0.4, -0.2) is 10.4 Å². The van der Waals surface area contributed by atoms with Crippen LogP contribution in [0.15, 0.2) is 42.6 Å². The number of carbonyl (C=O) groups excluding carboxylic acids is 1. The fraction of sp³-hybridized carbons (Fsp3) is 0.400. The number of fused-ring (bicyclic) bond motifs is 1. The highest BCUT2D eigenvalue weighted by Gasteiger charge is 2.36. The predicted molar refractivity (Wildman–Crippen MR) is 119 cm³/mol. The van der Waals surface area contributed by atoms with Crippen molar-refractivity contribution in [3.63, 3.8) is 0 Å². The lowest BCUT2D eigenvalue weighted by atomic mass is 9.91. The third-order valence-corrected chi connectivity index (χ3v) is 6.40. The fourth-order valence-electron chi connectivity index (χ4n) is 4.52. The Morgan fingerprint density at radius 3 is 2.59 bits per heavy atom. The van der Waals surface area contributed by atoms with E-state index in [2.05, 4.69) is 0 Å². The van der Waals surface area contributed by atoms with Crippen LogP contribution in [0.2, 0.25) is 5.02 Å². The van der Waals surface area contributed by atoms with E-state index in [0.717, 1.165) is 36.6 Å². The molecule has 0 saturated heterocycles. The number of ketones is 1. The molecule has 0 atom stereocenters. The van der Waals surface area contributed by atoms with E-state index in [1.54, 1.807) is 25.1 Å². The number of hydrogen-bond donors (Lipinski definition) is 0. The summed E-state index contributed by atoms with van der Waals surface area (Å²) in [6.45, 7) is 2.09. The zero-order valence-corrected chi connectivity index (χ0v) is 18.6. The van der Waals surface area contributed by atoms with Crippen LogP contribution >= 0.6 is 11.6 Å². The topological polar surface area (TPSA) is 31.2 Å². The van der Waals surface area contributed by atoms with Gasteiger partial charge in [-0.1, -0.05) is 36.6 Å². The van der Waals surface area contributed by atoms with Crippen molar-refractivity contribution >= 4 is 28.3 Å². The molecule has 0 N–H and O–H groups in total. The summed E-state index contributed by atoms with van der Waals surface area (Å²) in [6.07, 6.45) is 1.46. The summed E-state index contributed by atoms with van der Waals surface area (Å²) in [5.74, 6) is 0.565. The molecular weight excluding hydrogens is 439 g/mol. The Kier molecular flexibility index (Phi) is 6.52. The van der Waals surface area contributed by atoms with Crippen molar-refractivity contribution in [2.75, 3.05) is 0 Å². The lowest BCUT2D eigenvalue weighted by Gasteiger charge is -2.19. The van der Waals surface area contributed by atoms with E-state index >= 15 is 0 Å². The van der Waals surface area contributed by atoms with Crippen molar-refractivity contribution in [2.45, 2.75) is 64.3 Å². The van der Waals surface area contributed by atoms with Gasteiger partial charge in [0.05, 0.1) is 16.1 Å². The number of halogens is 4.